The smallest absolute Gasteiger partial charge is 0.226 e. The molecule has 1 heterocycles. The van der Waals surface area contributed by atoms with Gasteiger partial charge in [0.05, 0.1) is 24.6 Å². The summed E-state index contributed by atoms with van der Waals surface area (Å²) in [6.45, 7) is 5.12. The van der Waals surface area contributed by atoms with E-state index in [0.717, 1.165) is 30.2 Å². The van der Waals surface area contributed by atoms with Gasteiger partial charge in [0.15, 0.2) is 5.78 Å². The molecule has 3 rings (SSSR count). The number of nitrogens with zero attached hydrogens (tertiary/aromatic N) is 1. The molecule has 1 fully saturated rings. The molecule has 6 nitrogen and oxygen atoms in total. The molecule has 2 aromatic carbocycles. The maximum absolute atomic E-state index is 12.3. The highest BCUT2D eigenvalue weighted by atomic mass is 16.5. The number of Topliss-reactive ketones (excluding diaryl/α,β-unsaturated/α-hetero) is 1. The summed E-state index contributed by atoms with van der Waals surface area (Å²) in [4.78, 5) is 25.9. The van der Waals surface area contributed by atoms with Crippen molar-refractivity contribution in [3.8, 4) is 0 Å². The topological polar surface area (TPSA) is 70.7 Å². The Morgan fingerprint density at radius 1 is 1.04 bits per heavy atom. The Bertz CT molecular complexity index is 784. The molecule has 6 heteroatoms. The molecule has 0 spiro atoms. The molecule has 142 valence electrons. The van der Waals surface area contributed by atoms with Crippen LogP contribution in [0.2, 0.25) is 0 Å². The van der Waals surface area contributed by atoms with Gasteiger partial charge in [-0.2, -0.15) is 0 Å². The van der Waals surface area contributed by atoms with Crippen LogP contribution in [0.25, 0.3) is 0 Å². The Balaban J connectivity index is 1.51. The zero-order valence-electron chi connectivity index (χ0n) is 15.5. The molecule has 1 amide bonds. The Hall–Kier alpha value is -2.86. The van der Waals surface area contributed by atoms with Crippen LogP contribution in [0.1, 0.15) is 23.7 Å². The van der Waals surface area contributed by atoms with Crippen LogP contribution in [-0.4, -0.2) is 44.5 Å². The number of benzene rings is 2. The van der Waals surface area contributed by atoms with Crippen molar-refractivity contribution in [1.29, 1.82) is 0 Å². The lowest BCUT2D eigenvalue weighted by Crippen LogP contribution is -2.36. The maximum atomic E-state index is 12.3. The van der Waals surface area contributed by atoms with Crippen molar-refractivity contribution in [3.63, 3.8) is 0 Å². The number of carbonyl (C=O) groups excluding carboxylic acids is 2. The second-order valence-corrected chi connectivity index (χ2v) is 6.48. The molecule has 0 radical (unpaired) electrons. The third-order valence-corrected chi connectivity index (χ3v) is 4.50. The number of ether oxygens (including phenoxy) is 1. The van der Waals surface area contributed by atoms with E-state index in [1.54, 1.807) is 19.1 Å². The molecule has 1 aliphatic heterocycles. The van der Waals surface area contributed by atoms with Crippen LogP contribution >= 0.6 is 0 Å². The molecular weight excluding hydrogens is 342 g/mol. The number of carbonyl (C=O) groups is 2. The third kappa shape index (κ3) is 5.31. The number of amides is 1. The van der Waals surface area contributed by atoms with Gasteiger partial charge in [-0.15, -0.1) is 0 Å². The minimum absolute atomic E-state index is 0.0384. The second kappa shape index (κ2) is 9.19. The van der Waals surface area contributed by atoms with Crippen LogP contribution in [0.15, 0.2) is 48.5 Å². The zero-order chi connectivity index (χ0) is 19.1. The van der Waals surface area contributed by atoms with Gasteiger partial charge in [0, 0.05) is 37.3 Å². The quantitative estimate of drug-likeness (QED) is 0.736. The van der Waals surface area contributed by atoms with Gasteiger partial charge in [-0.25, -0.2) is 0 Å². The normalized spacial score (nSPS) is 13.9. The van der Waals surface area contributed by atoms with E-state index in [2.05, 4.69) is 15.5 Å². The first-order chi connectivity index (χ1) is 13.1. The fraction of sp³-hybridized carbons (Fsp3) is 0.333. The van der Waals surface area contributed by atoms with Crippen LogP contribution in [0.3, 0.4) is 0 Å². The van der Waals surface area contributed by atoms with E-state index in [0.29, 0.717) is 31.7 Å². The Labute approximate surface area is 159 Å². The molecule has 2 N–H and O–H groups in total. The highest BCUT2D eigenvalue weighted by Crippen LogP contribution is 2.26. The highest BCUT2D eigenvalue weighted by molar-refractivity contribution is 5.95. The van der Waals surface area contributed by atoms with Crippen molar-refractivity contribution < 1.29 is 14.3 Å². The molecule has 0 unspecified atom stereocenters. The number of hydrogen-bond acceptors (Lipinski definition) is 5. The van der Waals surface area contributed by atoms with Crippen LogP contribution in [0.4, 0.5) is 17.1 Å². The number of nitrogens with one attached hydrogen (secondary N) is 2. The second-order valence-electron chi connectivity index (χ2n) is 6.48. The van der Waals surface area contributed by atoms with E-state index in [1.807, 2.05) is 36.4 Å². The van der Waals surface area contributed by atoms with Gasteiger partial charge in [-0.05, 0) is 43.3 Å². The lowest BCUT2D eigenvalue weighted by atomic mass is 10.1. The molecular formula is C21H25N3O3. The number of hydrogen-bond donors (Lipinski definition) is 2. The first-order valence-electron chi connectivity index (χ1n) is 9.20. The minimum atomic E-state index is -0.0384. The zero-order valence-corrected chi connectivity index (χ0v) is 15.5. The van der Waals surface area contributed by atoms with E-state index in [9.17, 15) is 9.59 Å². The van der Waals surface area contributed by atoms with Crippen LogP contribution in [0.5, 0.6) is 0 Å². The Morgan fingerprint density at radius 3 is 2.44 bits per heavy atom. The summed E-state index contributed by atoms with van der Waals surface area (Å²) in [7, 11) is 0. The largest absolute Gasteiger partial charge is 0.385 e. The van der Waals surface area contributed by atoms with Crippen molar-refractivity contribution in [3.05, 3.63) is 54.1 Å². The summed E-state index contributed by atoms with van der Waals surface area (Å²) in [6.07, 6.45) is 0.353. The summed E-state index contributed by atoms with van der Waals surface area (Å²) < 4.78 is 5.40. The summed E-state index contributed by atoms with van der Waals surface area (Å²) in [5, 5.41) is 6.22. The number of anilines is 3. The van der Waals surface area contributed by atoms with Crippen LogP contribution in [0, 0.1) is 0 Å². The molecule has 0 aromatic heterocycles. The lowest BCUT2D eigenvalue weighted by molar-refractivity contribution is -0.115. The first-order valence-corrected chi connectivity index (χ1v) is 9.20. The van der Waals surface area contributed by atoms with Crippen LogP contribution in [-0.2, 0) is 9.53 Å². The summed E-state index contributed by atoms with van der Waals surface area (Å²) in [5.41, 5.74) is 3.43. The number of para-hydroxylation sites is 2. The van der Waals surface area contributed by atoms with Gasteiger partial charge in [-0.1, -0.05) is 12.1 Å². The van der Waals surface area contributed by atoms with Gasteiger partial charge in [0.1, 0.15) is 0 Å². The van der Waals surface area contributed by atoms with Gasteiger partial charge >= 0.3 is 0 Å². The SMILES string of the molecule is CC(=O)c1ccc(NCCC(=O)Nc2ccccc2N2CCOCC2)cc1. The summed E-state index contributed by atoms with van der Waals surface area (Å²) >= 11 is 0. The fourth-order valence-electron chi connectivity index (χ4n) is 3.02. The van der Waals surface area contributed by atoms with Crippen molar-refractivity contribution in [2.75, 3.05) is 48.4 Å². The van der Waals surface area contributed by atoms with Gasteiger partial charge < -0.3 is 20.3 Å². The number of morpholine rings is 1. The van der Waals surface area contributed by atoms with E-state index in [-0.39, 0.29) is 11.7 Å². The predicted octanol–water partition coefficient (Wildman–Crippen LogP) is 3.17. The molecule has 0 aliphatic carbocycles. The summed E-state index contributed by atoms with van der Waals surface area (Å²) in [6, 6.07) is 15.1. The monoisotopic (exact) mass is 367 g/mol. The lowest BCUT2D eigenvalue weighted by Gasteiger charge is -2.30. The van der Waals surface area contributed by atoms with Crippen LogP contribution < -0.4 is 15.5 Å². The third-order valence-electron chi connectivity index (χ3n) is 4.50. The minimum Gasteiger partial charge on any atom is -0.385 e. The molecule has 1 saturated heterocycles. The molecule has 27 heavy (non-hydrogen) atoms. The summed E-state index contributed by atoms with van der Waals surface area (Å²) in [5.74, 6) is 0.00317. The van der Waals surface area contributed by atoms with Gasteiger partial charge in [0.25, 0.3) is 0 Å². The molecule has 0 saturated carbocycles. The van der Waals surface area contributed by atoms with Crippen molar-refractivity contribution >= 4 is 28.8 Å². The van der Waals surface area contributed by atoms with Crippen molar-refractivity contribution in [1.82, 2.24) is 0 Å². The van der Waals surface area contributed by atoms with Crippen molar-refractivity contribution in [2.24, 2.45) is 0 Å². The standard InChI is InChI=1S/C21H25N3O3/c1-16(25)17-6-8-18(9-7-17)22-11-10-21(26)23-19-4-2-3-5-20(19)24-12-14-27-15-13-24/h2-9,22H,10-15H2,1H3,(H,23,26). The Morgan fingerprint density at radius 2 is 1.74 bits per heavy atom. The maximum Gasteiger partial charge on any atom is 0.226 e. The predicted molar refractivity (Wildman–Crippen MR) is 108 cm³/mol. The van der Waals surface area contributed by atoms with Gasteiger partial charge in [0.2, 0.25) is 5.91 Å². The first kappa shape index (κ1) is 18.9. The molecule has 0 bridgehead atoms. The van der Waals surface area contributed by atoms with Gasteiger partial charge in [-0.3, -0.25) is 9.59 Å². The van der Waals surface area contributed by atoms with E-state index < -0.39 is 0 Å². The van der Waals surface area contributed by atoms with E-state index in [1.165, 1.54) is 0 Å². The number of ketones is 1. The average molecular weight is 367 g/mol. The number of rotatable bonds is 7. The van der Waals surface area contributed by atoms with E-state index in [4.69, 9.17) is 4.74 Å². The molecule has 0 atom stereocenters. The Kier molecular flexibility index (Phi) is 6.44. The average Bonchev–Trinajstić information content (AvgIpc) is 2.69. The fourth-order valence-corrected chi connectivity index (χ4v) is 3.02. The highest BCUT2D eigenvalue weighted by Gasteiger charge is 2.15. The molecule has 1 aliphatic rings. The van der Waals surface area contributed by atoms with E-state index >= 15 is 0 Å². The van der Waals surface area contributed by atoms with Crippen molar-refractivity contribution in [2.45, 2.75) is 13.3 Å². The molecule has 2 aromatic rings.